The molecule has 0 fully saturated rings. The molecule has 8 heteroatoms. The smallest absolute Gasteiger partial charge is 0.405 e. The van der Waals surface area contributed by atoms with Crippen LogP contribution in [-0.4, -0.2) is 30.5 Å². The van der Waals surface area contributed by atoms with Crippen molar-refractivity contribution in [1.29, 1.82) is 0 Å². The van der Waals surface area contributed by atoms with Gasteiger partial charge in [-0.05, 0) is 12.1 Å². The van der Waals surface area contributed by atoms with Gasteiger partial charge in [0.25, 0.3) is 0 Å². The van der Waals surface area contributed by atoms with E-state index < -0.39 is 31.4 Å². The molecule has 0 saturated carbocycles. The summed E-state index contributed by atoms with van der Waals surface area (Å²) in [5.41, 5.74) is 0. The second-order valence-electron chi connectivity index (χ2n) is 3.19. The van der Waals surface area contributed by atoms with Crippen molar-refractivity contribution in [2.75, 3.05) is 13.2 Å². The molecule has 2 amide bonds. The number of hydrogen-bond donors (Lipinski definition) is 3. The van der Waals surface area contributed by atoms with Gasteiger partial charge in [-0.3, -0.25) is 0 Å². The van der Waals surface area contributed by atoms with Crippen molar-refractivity contribution < 1.29 is 27.5 Å². The summed E-state index contributed by atoms with van der Waals surface area (Å²) in [6.45, 7) is -1.91. The highest BCUT2D eigenvalue weighted by Gasteiger charge is 2.28. The summed E-state index contributed by atoms with van der Waals surface area (Å²) in [5.74, 6) is 0.259. The van der Waals surface area contributed by atoms with Gasteiger partial charge in [0.2, 0.25) is 0 Å². The molecule has 1 atom stereocenters. The fourth-order valence-corrected chi connectivity index (χ4v) is 1.09. The second-order valence-corrected chi connectivity index (χ2v) is 3.19. The zero-order valence-electron chi connectivity index (χ0n) is 8.62. The van der Waals surface area contributed by atoms with E-state index in [-0.39, 0.29) is 5.76 Å². The first-order valence-electron chi connectivity index (χ1n) is 4.68. The molecule has 17 heavy (non-hydrogen) atoms. The van der Waals surface area contributed by atoms with Gasteiger partial charge in [0.05, 0.1) is 12.9 Å². The normalized spacial score (nSPS) is 13.2. The van der Waals surface area contributed by atoms with Crippen LogP contribution in [0.4, 0.5) is 18.0 Å². The van der Waals surface area contributed by atoms with Crippen LogP contribution in [0.25, 0.3) is 0 Å². The topological polar surface area (TPSA) is 74.5 Å². The Morgan fingerprint density at radius 2 is 2.24 bits per heavy atom. The third-order valence-electron chi connectivity index (χ3n) is 1.82. The van der Waals surface area contributed by atoms with Crippen LogP contribution >= 0.6 is 0 Å². The Hall–Kier alpha value is -1.70. The zero-order chi connectivity index (χ0) is 12.9. The lowest BCUT2D eigenvalue weighted by Gasteiger charge is -2.15. The summed E-state index contributed by atoms with van der Waals surface area (Å²) in [6, 6.07) is 1.12. The van der Waals surface area contributed by atoms with E-state index in [9.17, 15) is 18.0 Å². The molecular formula is C9H11F3N2O3. The number of rotatable bonds is 4. The van der Waals surface area contributed by atoms with E-state index in [4.69, 9.17) is 9.52 Å². The Kier molecular flexibility index (Phi) is 4.38. The lowest BCUT2D eigenvalue weighted by Crippen LogP contribution is -2.43. The standard InChI is InChI=1S/C9H11F3N2O3/c10-9(11,12)5-13-8(16)14-6(4-15)7-2-1-3-17-7/h1-3,6,15H,4-5H2,(H2,13,14,16). The van der Waals surface area contributed by atoms with Gasteiger partial charge in [-0.2, -0.15) is 13.2 Å². The van der Waals surface area contributed by atoms with Crippen molar-refractivity contribution in [3.63, 3.8) is 0 Å². The lowest BCUT2D eigenvalue weighted by molar-refractivity contribution is -0.122. The number of amides is 2. The molecule has 1 heterocycles. The molecule has 1 unspecified atom stereocenters. The molecule has 96 valence electrons. The molecule has 0 aliphatic heterocycles. The Balaban J connectivity index is 2.44. The summed E-state index contributed by atoms with van der Waals surface area (Å²) in [4.78, 5) is 11.1. The van der Waals surface area contributed by atoms with Gasteiger partial charge in [0.1, 0.15) is 18.3 Å². The first kappa shape index (κ1) is 13.4. The van der Waals surface area contributed by atoms with E-state index in [2.05, 4.69) is 5.32 Å². The quantitative estimate of drug-likeness (QED) is 0.753. The molecule has 3 N–H and O–H groups in total. The molecule has 0 saturated heterocycles. The van der Waals surface area contributed by atoms with E-state index in [0.29, 0.717) is 0 Å². The monoisotopic (exact) mass is 252 g/mol. The van der Waals surface area contributed by atoms with Gasteiger partial charge in [-0.1, -0.05) is 0 Å². The number of halogens is 3. The van der Waals surface area contributed by atoms with Gasteiger partial charge in [0, 0.05) is 0 Å². The maximum atomic E-state index is 11.8. The van der Waals surface area contributed by atoms with Crippen molar-refractivity contribution in [2.45, 2.75) is 12.2 Å². The van der Waals surface area contributed by atoms with Crippen LogP contribution in [0.1, 0.15) is 11.8 Å². The summed E-state index contributed by atoms with van der Waals surface area (Å²) in [7, 11) is 0. The minimum absolute atomic E-state index is 0.259. The number of aliphatic hydroxyl groups is 1. The highest BCUT2D eigenvalue weighted by molar-refractivity contribution is 5.74. The first-order chi connectivity index (χ1) is 7.92. The molecule has 0 spiro atoms. The summed E-state index contributed by atoms with van der Waals surface area (Å²) in [5, 5.41) is 12.7. The molecule has 5 nitrogen and oxygen atoms in total. The van der Waals surface area contributed by atoms with Crippen LogP contribution < -0.4 is 10.6 Å². The predicted octanol–water partition coefficient (Wildman–Crippen LogP) is 1.17. The number of aliphatic hydroxyl groups excluding tert-OH is 1. The molecule has 1 rings (SSSR count). The number of hydrogen-bond acceptors (Lipinski definition) is 3. The van der Waals surface area contributed by atoms with Crippen LogP contribution in [-0.2, 0) is 0 Å². The maximum Gasteiger partial charge on any atom is 0.405 e. The van der Waals surface area contributed by atoms with Crippen LogP contribution in [0.5, 0.6) is 0 Å². The number of furan rings is 1. The molecule has 0 aliphatic rings. The zero-order valence-corrected chi connectivity index (χ0v) is 8.62. The molecule has 1 aromatic rings. The minimum Gasteiger partial charge on any atom is -0.467 e. The van der Waals surface area contributed by atoms with E-state index >= 15 is 0 Å². The van der Waals surface area contributed by atoms with E-state index in [1.807, 2.05) is 0 Å². The van der Waals surface area contributed by atoms with Gasteiger partial charge in [-0.15, -0.1) is 0 Å². The van der Waals surface area contributed by atoms with Gasteiger partial charge < -0.3 is 20.2 Å². The maximum absolute atomic E-state index is 11.8. The lowest BCUT2D eigenvalue weighted by atomic mass is 10.2. The van der Waals surface area contributed by atoms with Crippen molar-refractivity contribution in [1.82, 2.24) is 10.6 Å². The average molecular weight is 252 g/mol. The Labute approximate surface area is 94.6 Å². The van der Waals surface area contributed by atoms with E-state index in [0.717, 1.165) is 0 Å². The molecule has 1 aromatic heterocycles. The highest BCUT2D eigenvalue weighted by atomic mass is 19.4. The Morgan fingerprint density at radius 1 is 1.53 bits per heavy atom. The largest absolute Gasteiger partial charge is 0.467 e. The van der Waals surface area contributed by atoms with Gasteiger partial charge >= 0.3 is 12.2 Å². The minimum atomic E-state index is -4.48. The van der Waals surface area contributed by atoms with Crippen LogP contribution in [0.2, 0.25) is 0 Å². The molecule has 0 radical (unpaired) electrons. The van der Waals surface area contributed by atoms with Crippen molar-refractivity contribution in [3.05, 3.63) is 24.2 Å². The van der Waals surface area contributed by atoms with Crippen LogP contribution in [0.15, 0.2) is 22.8 Å². The Bertz CT molecular complexity index is 351. The van der Waals surface area contributed by atoms with Gasteiger partial charge in [-0.25, -0.2) is 4.79 Å². The molecule has 0 aromatic carbocycles. The van der Waals surface area contributed by atoms with Crippen LogP contribution in [0.3, 0.4) is 0 Å². The number of nitrogens with one attached hydrogen (secondary N) is 2. The van der Waals surface area contributed by atoms with E-state index in [1.165, 1.54) is 18.4 Å². The van der Waals surface area contributed by atoms with Crippen molar-refractivity contribution >= 4 is 6.03 Å². The van der Waals surface area contributed by atoms with Gasteiger partial charge in [0.15, 0.2) is 0 Å². The predicted molar refractivity (Wildman–Crippen MR) is 51.1 cm³/mol. The summed E-state index contributed by atoms with van der Waals surface area (Å²) < 4.78 is 40.3. The third-order valence-corrected chi connectivity index (χ3v) is 1.82. The summed E-state index contributed by atoms with van der Waals surface area (Å²) >= 11 is 0. The van der Waals surface area contributed by atoms with Crippen molar-refractivity contribution in [3.8, 4) is 0 Å². The number of carbonyl (C=O) groups excluding carboxylic acids is 1. The average Bonchev–Trinajstić information content (AvgIpc) is 2.75. The number of urea groups is 1. The SMILES string of the molecule is O=C(NCC(F)(F)F)NC(CO)c1ccco1. The fraction of sp³-hybridized carbons (Fsp3) is 0.444. The number of carbonyl (C=O) groups is 1. The second kappa shape index (κ2) is 5.58. The molecular weight excluding hydrogens is 241 g/mol. The molecule has 0 bridgehead atoms. The van der Waals surface area contributed by atoms with Crippen molar-refractivity contribution in [2.24, 2.45) is 0 Å². The molecule has 0 aliphatic carbocycles. The third kappa shape index (κ3) is 4.77. The number of alkyl halides is 3. The summed E-state index contributed by atoms with van der Waals surface area (Å²) in [6.07, 6.45) is -3.15. The van der Waals surface area contributed by atoms with Crippen LogP contribution in [0, 0.1) is 0 Å². The van der Waals surface area contributed by atoms with E-state index in [1.54, 1.807) is 5.32 Å². The fourth-order valence-electron chi connectivity index (χ4n) is 1.09. The Morgan fingerprint density at radius 3 is 2.71 bits per heavy atom. The highest BCUT2D eigenvalue weighted by Crippen LogP contribution is 2.13. The first-order valence-corrected chi connectivity index (χ1v) is 4.68.